The summed E-state index contributed by atoms with van der Waals surface area (Å²) in [5.74, 6) is -0.0723. The molecule has 0 bridgehead atoms. The third kappa shape index (κ3) is 6.40. The van der Waals surface area contributed by atoms with Crippen LogP contribution in [-0.2, 0) is 13.8 Å². The van der Waals surface area contributed by atoms with E-state index in [0.29, 0.717) is 12.8 Å². The molecule has 17 heavy (non-hydrogen) atoms. The van der Waals surface area contributed by atoms with E-state index >= 15 is 0 Å². The summed E-state index contributed by atoms with van der Waals surface area (Å²) < 4.78 is 20.2. The van der Waals surface area contributed by atoms with Crippen LogP contribution in [0.25, 0.3) is 0 Å². The maximum absolute atomic E-state index is 10.5. The minimum atomic E-state index is -4.43. The van der Waals surface area contributed by atoms with E-state index in [1.165, 1.54) is 12.3 Å². The smallest absolute Gasteiger partial charge is 0.384 e. The molecule has 98 valence electrons. The van der Waals surface area contributed by atoms with Gasteiger partial charge in [-0.2, -0.15) is 0 Å². The van der Waals surface area contributed by atoms with E-state index in [1.54, 1.807) is 0 Å². The molecule has 0 aliphatic carbocycles. The fraction of sp³-hybridized carbons (Fsp3) is 0.625. The van der Waals surface area contributed by atoms with E-state index in [9.17, 15) is 4.57 Å². The fourth-order valence-corrected chi connectivity index (χ4v) is 1.74. The van der Waals surface area contributed by atoms with Gasteiger partial charge in [0.25, 0.3) is 0 Å². The molecular formula is C8H16N3O5P. The van der Waals surface area contributed by atoms with Gasteiger partial charge in [0.05, 0.1) is 12.7 Å². The first-order chi connectivity index (χ1) is 7.87. The average Bonchev–Trinajstić information content (AvgIpc) is 2.61. The lowest BCUT2D eigenvalue weighted by Gasteiger charge is -2.14. The van der Waals surface area contributed by atoms with Gasteiger partial charge in [0.15, 0.2) is 0 Å². The summed E-state index contributed by atoms with van der Waals surface area (Å²) in [6, 6.07) is 0. The van der Waals surface area contributed by atoms with Gasteiger partial charge in [-0.15, -0.1) is 0 Å². The van der Waals surface area contributed by atoms with Crippen molar-refractivity contribution >= 4 is 13.7 Å². The molecule has 0 spiro atoms. The van der Waals surface area contributed by atoms with Crippen molar-refractivity contribution in [1.29, 1.82) is 5.41 Å². The monoisotopic (exact) mass is 265 g/mol. The van der Waals surface area contributed by atoms with Crippen molar-refractivity contribution in [1.82, 2.24) is 5.32 Å². The number of hydrogen-bond acceptors (Lipinski definition) is 5. The molecule has 2 unspecified atom stereocenters. The summed E-state index contributed by atoms with van der Waals surface area (Å²) in [4.78, 5) is 17.0. The predicted octanol–water partition coefficient (Wildman–Crippen LogP) is -0.360. The Bertz CT molecular complexity index is 342. The van der Waals surface area contributed by atoms with Gasteiger partial charge in [0.2, 0.25) is 0 Å². The minimum absolute atomic E-state index is 0.0723. The lowest BCUT2D eigenvalue weighted by atomic mass is 10.2. The number of phosphoric ester groups is 1. The van der Waals surface area contributed by atoms with Crippen molar-refractivity contribution in [2.75, 3.05) is 6.61 Å². The Kier molecular flexibility index (Phi) is 5.10. The second-order valence-corrected chi connectivity index (χ2v) is 4.81. The van der Waals surface area contributed by atoms with Crippen LogP contribution in [0.1, 0.15) is 12.8 Å². The van der Waals surface area contributed by atoms with Gasteiger partial charge in [0, 0.05) is 6.20 Å². The number of phosphoric acid groups is 1. The van der Waals surface area contributed by atoms with Gasteiger partial charge in [-0.3, -0.25) is 9.93 Å². The maximum atomic E-state index is 10.5. The van der Waals surface area contributed by atoms with Gasteiger partial charge < -0.3 is 25.6 Å². The lowest BCUT2D eigenvalue weighted by molar-refractivity contribution is 0.00267. The molecule has 0 aromatic carbocycles. The van der Waals surface area contributed by atoms with Gasteiger partial charge >= 0.3 is 7.82 Å². The largest absolute Gasteiger partial charge is 0.469 e. The highest BCUT2D eigenvalue weighted by Gasteiger charge is 2.27. The fourth-order valence-electron chi connectivity index (χ4n) is 1.38. The molecule has 0 aromatic heterocycles. The average molecular weight is 265 g/mol. The minimum Gasteiger partial charge on any atom is -0.384 e. The topological polar surface area (TPSA) is 138 Å². The quantitative estimate of drug-likeness (QED) is 0.251. The second-order valence-electron chi connectivity index (χ2n) is 3.57. The first-order valence-corrected chi connectivity index (χ1v) is 6.52. The Morgan fingerprint density at radius 1 is 1.65 bits per heavy atom. The lowest BCUT2D eigenvalue weighted by Crippen LogP contribution is -2.26. The van der Waals surface area contributed by atoms with Crippen LogP contribution in [0.5, 0.6) is 0 Å². The molecule has 9 heteroatoms. The van der Waals surface area contributed by atoms with Crippen molar-refractivity contribution in [3.05, 3.63) is 12.3 Å². The Labute approximate surface area is 98.5 Å². The Morgan fingerprint density at radius 3 is 2.94 bits per heavy atom. The molecular weight excluding hydrogens is 249 g/mol. The maximum Gasteiger partial charge on any atom is 0.469 e. The highest BCUT2D eigenvalue weighted by Crippen LogP contribution is 2.36. The van der Waals surface area contributed by atoms with E-state index in [0.717, 1.165) is 0 Å². The second kappa shape index (κ2) is 6.13. The molecule has 0 aromatic rings. The van der Waals surface area contributed by atoms with Crippen LogP contribution in [0.3, 0.4) is 0 Å². The van der Waals surface area contributed by atoms with Crippen molar-refractivity contribution in [3.63, 3.8) is 0 Å². The first-order valence-electron chi connectivity index (χ1n) is 4.99. The zero-order valence-electron chi connectivity index (χ0n) is 9.07. The molecule has 0 saturated carbocycles. The summed E-state index contributed by atoms with van der Waals surface area (Å²) >= 11 is 0. The van der Waals surface area contributed by atoms with Crippen molar-refractivity contribution in [3.8, 4) is 0 Å². The van der Waals surface area contributed by atoms with Gasteiger partial charge in [-0.25, -0.2) is 4.57 Å². The highest BCUT2D eigenvalue weighted by atomic mass is 31.2. The molecule has 1 heterocycles. The molecule has 0 amide bonds. The predicted molar refractivity (Wildman–Crippen MR) is 60.1 cm³/mol. The van der Waals surface area contributed by atoms with Crippen LogP contribution in [0.2, 0.25) is 0 Å². The molecule has 6 N–H and O–H groups in total. The summed E-state index contributed by atoms with van der Waals surface area (Å²) in [5.41, 5.74) is 5.11. The Hall–Kier alpha value is -0.920. The van der Waals surface area contributed by atoms with Gasteiger partial charge in [0.1, 0.15) is 12.1 Å². The van der Waals surface area contributed by atoms with E-state index in [2.05, 4.69) is 9.84 Å². The number of rotatable bonds is 6. The van der Waals surface area contributed by atoms with Crippen molar-refractivity contribution < 1.29 is 23.6 Å². The van der Waals surface area contributed by atoms with E-state index in [-0.39, 0.29) is 24.8 Å². The van der Waals surface area contributed by atoms with E-state index in [1.807, 2.05) is 0 Å². The number of hydrogen-bond donors (Lipinski definition) is 5. The standard InChI is InChI=1S/C8H16N3O5P/c9-7(10)3-4-11-8-2-1-6(16-8)5-15-17(12,13)14/h3-4,6,8,11H,1-2,5H2,(H3,9,10)(H2,12,13,14)/b4-3-. The van der Waals surface area contributed by atoms with Gasteiger partial charge in [-0.05, 0) is 18.9 Å². The van der Waals surface area contributed by atoms with Crippen LogP contribution in [0.15, 0.2) is 12.3 Å². The summed E-state index contributed by atoms with van der Waals surface area (Å²) in [6.45, 7) is -0.140. The van der Waals surface area contributed by atoms with Crippen LogP contribution in [0.4, 0.5) is 0 Å². The summed E-state index contributed by atoms with van der Waals surface area (Å²) in [7, 11) is -4.43. The van der Waals surface area contributed by atoms with Crippen molar-refractivity contribution in [2.24, 2.45) is 5.73 Å². The molecule has 1 aliphatic rings. The molecule has 8 nitrogen and oxygen atoms in total. The molecule has 1 aliphatic heterocycles. The molecule has 1 rings (SSSR count). The molecule has 0 radical (unpaired) electrons. The highest BCUT2D eigenvalue weighted by molar-refractivity contribution is 7.46. The summed E-state index contributed by atoms with van der Waals surface area (Å²) in [5, 5.41) is 9.81. The van der Waals surface area contributed by atoms with E-state index < -0.39 is 7.82 Å². The third-order valence-electron chi connectivity index (χ3n) is 2.08. The zero-order chi connectivity index (χ0) is 12.9. The van der Waals surface area contributed by atoms with Crippen LogP contribution < -0.4 is 11.1 Å². The number of amidine groups is 1. The van der Waals surface area contributed by atoms with Crippen molar-refractivity contribution in [2.45, 2.75) is 25.2 Å². The van der Waals surface area contributed by atoms with Crippen LogP contribution >= 0.6 is 7.82 Å². The first kappa shape index (κ1) is 14.1. The SMILES string of the molecule is N=C(N)/C=C\NC1CCC(COP(=O)(O)O)O1. The molecule has 2 atom stereocenters. The van der Waals surface area contributed by atoms with Crippen LogP contribution in [0, 0.1) is 5.41 Å². The van der Waals surface area contributed by atoms with E-state index in [4.69, 9.17) is 25.7 Å². The number of nitrogens with one attached hydrogen (secondary N) is 2. The third-order valence-corrected chi connectivity index (χ3v) is 2.57. The Morgan fingerprint density at radius 2 is 2.35 bits per heavy atom. The Balaban J connectivity index is 2.23. The molecule has 1 saturated heterocycles. The van der Waals surface area contributed by atoms with Gasteiger partial charge in [-0.1, -0.05) is 0 Å². The normalized spacial score (nSPS) is 25.3. The zero-order valence-corrected chi connectivity index (χ0v) is 9.97. The van der Waals surface area contributed by atoms with Crippen LogP contribution in [-0.4, -0.2) is 34.6 Å². The molecule has 1 fully saturated rings. The summed E-state index contributed by atoms with van der Waals surface area (Å²) in [6.07, 6.45) is 3.62. The number of ether oxygens (including phenoxy) is 1. The number of nitrogens with two attached hydrogens (primary N) is 1.